The molecule has 102 valence electrons. The summed E-state index contributed by atoms with van der Waals surface area (Å²) < 4.78 is 4.59. The van der Waals surface area contributed by atoms with E-state index in [9.17, 15) is 0 Å². The highest BCUT2D eigenvalue weighted by Crippen LogP contribution is 2.20. The van der Waals surface area contributed by atoms with E-state index in [-0.39, 0.29) is 0 Å². The van der Waals surface area contributed by atoms with Crippen LogP contribution in [0.2, 0.25) is 0 Å². The zero-order chi connectivity index (χ0) is 14.2. The lowest BCUT2D eigenvalue weighted by molar-refractivity contribution is 0.848. The first-order valence-electron chi connectivity index (χ1n) is 6.27. The van der Waals surface area contributed by atoms with Crippen LogP contribution < -0.4 is 0 Å². The molecule has 0 unspecified atom stereocenters. The van der Waals surface area contributed by atoms with E-state index in [1.54, 1.807) is 21.8 Å². The molecule has 6 nitrogen and oxygen atoms in total. The molecule has 4 aromatic rings. The van der Waals surface area contributed by atoms with E-state index in [4.69, 9.17) is 0 Å². The Morgan fingerprint density at radius 2 is 1.81 bits per heavy atom. The van der Waals surface area contributed by atoms with Gasteiger partial charge in [0.15, 0.2) is 11.5 Å². The Hall–Kier alpha value is -2.29. The van der Waals surface area contributed by atoms with Gasteiger partial charge < -0.3 is 0 Å². The lowest BCUT2D eigenvalue weighted by atomic mass is 10.3. The molecule has 0 saturated carbocycles. The molecule has 21 heavy (non-hydrogen) atoms. The molecule has 0 aliphatic heterocycles. The minimum Gasteiger partial charge on any atom is -0.221 e. The van der Waals surface area contributed by atoms with Crippen LogP contribution in [0.15, 0.2) is 55.2 Å². The minimum absolute atomic E-state index is 0.727. The molecule has 0 bridgehead atoms. The Morgan fingerprint density at radius 1 is 0.952 bits per heavy atom. The van der Waals surface area contributed by atoms with Crippen LogP contribution in [0, 0.1) is 3.57 Å². The highest BCUT2D eigenvalue weighted by atomic mass is 127. The third-order valence-electron chi connectivity index (χ3n) is 3.11. The molecule has 0 aliphatic carbocycles. The van der Waals surface area contributed by atoms with Crippen LogP contribution in [0.25, 0.3) is 22.5 Å². The van der Waals surface area contributed by atoms with Crippen LogP contribution in [0.3, 0.4) is 0 Å². The van der Waals surface area contributed by atoms with Gasteiger partial charge in [-0.15, -0.1) is 0 Å². The number of fused-ring (bicyclic) bond motifs is 1. The number of benzene rings is 1. The van der Waals surface area contributed by atoms with Gasteiger partial charge in [0, 0.05) is 6.20 Å². The maximum absolute atomic E-state index is 4.43. The van der Waals surface area contributed by atoms with Crippen molar-refractivity contribution in [2.45, 2.75) is 0 Å². The van der Waals surface area contributed by atoms with Gasteiger partial charge >= 0.3 is 0 Å². The number of nitrogens with zero attached hydrogens (tertiary/aromatic N) is 6. The lowest BCUT2D eigenvalue weighted by Crippen LogP contribution is -2.01. The van der Waals surface area contributed by atoms with Crippen molar-refractivity contribution in [3.63, 3.8) is 0 Å². The molecule has 1 aromatic carbocycles. The summed E-state index contributed by atoms with van der Waals surface area (Å²) in [5, 5.41) is 9.59. The van der Waals surface area contributed by atoms with E-state index in [1.807, 2.05) is 36.5 Å². The van der Waals surface area contributed by atoms with E-state index in [1.165, 1.54) is 6.33 Å². The topological polar surface area (TPSA) is 61.4 Å². The first kappa shape index (κ1) is 12.5. The Bertz CT molecular complexity index is 912. The molecule has 0 fully saturated rings. The Balaban J connectivity index is 1.95. The summed E-state index contributed by atoms with van der Waals surface area (Å²) in [6.45, 7) is 0. The van der Waals surface area contributed by atoms with Crippen molar-refractivity contribution >= 4 is 33.6 Å². The molecule has 0 radical (unpaired) electrons. The van der Waals surface area contributed by atoms with Crippen LogP contribution in [-0.4, -0.2) is 29.5 Å². The molecule has 4 rings (SSSR count). The molecule has 0 N–H and O–H groups in total. The molecule has 3 heterocycles. The van der Waals surface area contributed by atoms with Crippen molar-refractivity contribution < 1.29 is 0 Å². The maximum Gasteiger partial charge on any atom is 0.168 e. The van der Waals surface area contributed by atoms with E-state index in [2.05, 4.69) is 42.8 Å². The van der Waals surface area contributed by atoms with Gasteiger partial charge in [-0.05, 0) is 34.7 Å². The molecule has 0 amide bonds. The third-order valence-corrected chi connectivity index (χ3v) is 3.67. The lowest BCUT2D eigenvalue weighted by Gasteiger charge is -2.03. The summed E-state index contributed by atoms with van der Waals surface area (Å²) in [5.74, 6) is 0.727. The first-order valence-corrected chi connectivity index (χ1v) is 7.35. The van der Waals surface area contributed by atoms with E-state index < -0.39 is 0 Å². The normalized spacial score (nSPS) is 11.1. The molecular formula is C14H9IN6. The number of hydrogen-bond acceptors (Lipinski definition) is 4. The average Bonchev–Trinajstić information content (AvgIpc) is 3.14. The second kappa shape index (κ2) is 4.92. The van der Waals surface area contributed by atoms with Gasteiger partial charge in [-0.25, -0.2) is 19.3 Å². The molecule has 0 atom stereocenters. The fraction of sp³-hybridized carbons (Fsp3) is 0. The number of halogens is 1. The summed E-state index contributed by atoms with van der Waals surface area (Å²) in [5.41, 5.74) is 1.73. The summed E-state index contributed by atoms with van der Waals surface area (Å²) in [6.07, 6.45) is 7.01. The van der Waals surface area contributed by atoms with Crippen molar-refractivity contribution in [3.05, 3.63) is 58.8 Å². The SMILES string of the molecule is Ic1cnn(-c2ncnc3c2cnn3-c2ccccc2)c1. The van der Waals surface area contributed by atoms with E-state index in [0.29, 0.717) is 0 Å². The monoisotopic (exact) mass is 388 g/mol. The predicted molar refractivity (Wildman–Crippen MR) is 86.5 cm³/mol. The van der Waals surface area contributed by atoms with Crippen LogP contribution in [-0.2, 0) is 0 Å². The quantitative estimate of drug-likeness (QED) is 0.496. The van der Waals surface area contributed by atoms with Gasteiger partial charge in [0.2, 0.25) is 0 Å². The standard InChI is InChI=1S/C14H9IN6/c15-10-6-18-20(8-10)13-12-7-19-21(14(12)17-9-16-13)11-4-2-1-3-5-11/h1-9H. The van der Waals surface area contributed by atoms with E-state index in [0.717, 1.165) is 26.1 Å². The third kappa shape index (κ3) is 2.09. The molecule has 0 aliphatic rings. The Kier molecular flexibility index (Phi) is 2.92. The number of hydrogen-bond donors (Lipinski definition) is 0. The van der Waals surface area contributed by atoms with E-state index >= 15 is 0 Å². The highest BCUT2D eigenvalue weighted by molar-refractivity contribution is 14.1. The Morgan fingerprint density at radius 3 is 2.57 bits per heavy atom. The summed E-state index contributed by atoms with van der Waals surface area (Å²) in [6, 6.07) is 9.90. The summed E-state index contributed by atoms with van der Waals surface area (Å²) >= 11 is 2.22. The van der Waals surface area contributed by atoms with Crippen LogP contribution in [0.1, 0.15) is 0 Å². The van der Waals surface area contributed by atoms with Crippen molar-refractivity contribution in [2.24, 2.45) is 0 Å². The zero-order valence-electron chi connectivity index (χ0n) is 10.8. The van der Waals surface area contributed by atoms with Gasteiger partial charge in [-0.2, -0.15) is 10.2 Å². The van der Waals surface area contributed by atoms with Gasteiger partial charge in [-0.3, -0.25) is 0 Å². The smallest absolute Gasteiger partial charge is 0.168 e. The Labute approximate surface area is 133 Å². The highest BCUT2D eigenvalue weighted by Gasteiger charge is 2.12. The van der Waals surface area contributed by atoms with Crippen molar-refractivity contribution in [1.29, 1.82) is 0 Å². The largest absolute Gasteiger partial charge is 0.221 e. The zero-order valence-corrected chi connectivity index (χ0v) is 12.9. The molecular weight excluding hydrogens is 379 g/mol. The second-order valence-corrected chi connectivity index (χ2v) is 5.68. The van der Waals surface area contributed by atoms with Crippen molar-refractivity contribution in [1.82, 2.24) is 29.5 Å². The van der Waals surface area contributed by atoms with Gasteiger partial charge in [-0.1, -0.05) is 18.2 Å². The van der Waals surface area contributed by atoms with Gasteiger partial charge in [0.1, 0.15) is 6.33 Å². The number of rotatable bonds is 2. The maximum atomic E-state index is 4.43. The fourth-order valence-electron chi connectivity index (χ4n) is 2.19. The fourth-order valence-corrected chi connectivity index (χ4v) is 2.58. The molecule has 7 heteroatoms. The molecule has 0 saturated heterocycles. The number of para-hydroxylation sites is 1. The van der Waals surface area contributed by atoms with Crippen molar-refractivity contribution in [3.8, 4) is 11.5 Å². The second-order valence-electron chi connectivity index (χ2n) is 4.43. The average molecular weight is 388 g/mol. The van der Waals surface area contributed by atoms with Gasteiger partial charge in [0.25, 0.3) is 0 Å². The number of aromatic nitrogens is 6. The van der Waals surface area contributed by atoms with Crippen LogP contribution >= 0.6 is 22.6 Å². The molecule has 0 spiro atoms. The minimum atomic E-state index is 0.727. The summed E-state index contributed by atoms with van der Waals surface area (Å²) in [4.78, 5) is 8.69. The van der Waals surface area contributed by atoms with Gasteiger partial charge in [0.05, 0.1) is 27.0 Å². The molecule has 3 aromatic heterocycles. The summed E-state index contributed by atoms with van der Waals surface area (Å²) in [7, 11) is 0. The predicted octanol–water partition coefficient (Wildman–Crippen LogP) is 2.61. The first-order chi connectivity index (χ1) is 10.3. The van der Waals surface area contributed by atoms with Crippen LogP contribution in [0.5, 0.6) is 0 Å². The van der Waals surface area contributed by atoms with Crippen molar-refractivity contribution in [2.75, 3.05) is 0 Å². The van der Waals surface area contributed by atoms with Crippen LogP contribution in [0.4, 0.5) is 0 Å².